The summed E-state index contributed by atoms with van der Waals surface area (Å²) in [6.45, 7) is 3.55. The molecule has 0 aliphatic carbocycles. The monoisotopic (exact) mass is 216 g/mol. The molecular weight excluding hydrogens is 200 g/mol. The van der Waals surface area contributed by atoms with Gasteiger partial charge >= 0.3 is 5.97 Å². The number of aliphatic carboxylic acids is 1. The molecule has 0 bridgehead atoms. The van der Waals surface area contributed by atoms with Crippen molar-refractivity contribution in [2.75, 3.05) is 19.0 Å². The molecule has 0 radical (unpaired) electrons. The zero-order valence-electron chi connectivity index (χ0n) is 8.36. The van der Waals surface area contributed by atoms with E-state index >= 15 is 0 Å². The highest BCUT2D eigenvalue weighted by Gasteiger charge is 2.13. The maximum Gasteiger partial charge on any atom is 0.328 e. The molecule has 1 fully saturated rings. The molecule has 0 unspecified atom stereocenters. The van der Waals surface area contributed by atoms with Crippen LogP contribution in [0.5, 0.6) is 0 Å². The lowest BCUT2D eigenvalue weighted by Gasteiger charge is -2.21. The number of hydrogen-bond acceptors (Lipinski definition) is 3. The van der Waals surface area contributed by atoms with Crippen molar-refractivity contribution in [3.8, 4) is 0 Å². The molecule has 1 aliphatic rings. The van der Waals surface area contributed by atoms with E-state index in [4.69, 9.17) is 9.84 Å². The third-order valence-corrected chi connectivity index (χ3v) is 3.65. The molecule has 0 saturated carbocycles. The normalized spacial score (nSPS) is 19.6. The van der Waals surface area contributed by atoms with Crippen molar-refractivity contribution in [2.45, 2.75) is 25.0 Å². The predicted molar refractivity (Wildman–Crippen MR) is 57.7 cm³/mol. The van der Waals surface area contributed by atoms with E-state index in [1.807, 2.05) is 18.7 Å². The van der Waals surface area contributed by atoms with E-state index in [1.165, 1.54) is 6.08 Å². The molecule has 1 saturated heterocycles. The van der Waals surface area contributed by atoms with Gasteiger partial charge in [0.2, 0.25) is 0 Å². The highest BCUT2D eigenvalue weighted by atomic mass is 32.2. The Morgan fingerprint density at radius 2 is 2.21 bits per heavy atom. The second-order valence-electron chi connectivity index (χ2n) is 3.45. The Bertz CT molecular complexity index is 219. The summed E-state index contributed by atoms with van der Waals surface area (Å²) < 4.78 is 5.25. The molecule has 4 heteroatoms. The average molecular weight is 216 g/mol. The third-order valence-electron chi connectivity index (χ3n) is 2.08. The lowest BCUT2D eigenvalue weighted by atomic mass is 10.2. The van der Waals surface area contributed by atoms with Gasteiger partial charge in [0.05, 0.1) is 0 Å². The Labute approximate surface area is 88.5 Å². The van der Waals surface area contributed by atoms with E-state index in [0.29, 0.717) is 5.25 Å². The van der Waals surface area contributed by atoms with Crippen LogP contribution < -0.4 is 0 Å². The van der Waals surface area contributed by atoms with E-state index in [0.717, 1.165) is 37.4 Å². The van der Waals surface area contributed by atoms with Crippen molar-refractivity contribution in [2.24, 2.45) is 0 Å². The molecule has 0 aromatic heterocycles. The number of carboxylic acids is 1. The zero-order chi connectivity index (χ0) is 10.4. The summed E-state index contributed by atoms with van der Waals surface area (Å²) in [5.41, 5.74) is 0.925. The van der Waals surface area contributed by atoms with Crippen molar-refractivity contribution in [3.05, 3.63) is 11.6 Å². The van der Waals surface area contributed by atoms with Crippen LogP contribution in [0.2, 0.25) is 0 Å². The van der Waals surface area contributed by atoms with Crippen LogP contribution in [0.4, 0.5) is 0 Å². The number of carboxylic acid groups (broad SMARTS) is 1. The summed E-state index contributed by atoms with van der Waals surface area (Å²) in [4.78, 5) is 10.4. The minimum absolute atomic E-state index is 0.640. The molecule has 80 valence electrons. The standard InChI is InChI=1S/C10H16O3S/c1-8(6-10(11)12)7-14-9-2-4-13-5-3-9/h6,9H,2-5,7H2,1H3,(H,11,12). The molecule has 14 heavy (non-hydrogen) atoms. The van der Waals surface area contributed by atoms with Crippen molar-refractivity contribution in [1.82, 2.24) is 0 Å². The van der Waals surface area contributed by atoms with E-state index in [9.17, 15) is 4.79 Å². The maximum atomic E-state index is 10.4. The van der Waals surface area contributed by atoms with Crippen LogP contribution >= 0.6 is 11.8 Å². The third kappa shape index (κ3) is 4.67. The van der Waals surface area contributed by atoms with Crippen molar-refractivity contribution < 1.29 is 14.6 Å². The van der Waals surface area contributed by atoms with Crippen LogP contribution in [-0.4, -0.2) is 35.3 Å². The largest absolute Gasteiger partial charge is 0.478 e. The molecule has 1 N–H and O–H groups in total. The lowest BCUT2D eigenvalue weighted by molar-refractivity contribution is -0.131. The molecule has 1 aliphatic heterocycles. The molecule has 0 aromatic rings. The Morgan fingerprint density at radius 3 is 2.79 bits per heavy atom. The van der Waals surface area contributed by atoms with Gasteiger partial charge in [-0.15, -0.1) is 0 Å². The van der Waals surface area contributed by atoms with Gasteiger partial charge in [-0.3, -0.25) is 0 Å². The molecule has 1 rings (SSSR count). The van der Waals surface area contributed by atoms with E-state index in [2.05, 4.69) is 0 Å². The quantitative estimate of drug-likeness (QED) is 0.729. The van der Waals surface area contributed by atoms with Gasteiger partial charge in [0, 0.05) is 30.3 Å². The number of hydrogen-bond donors (Lipinski definition) is 1. The second-order valence-corrected chi connectivity index (χ2v) is 4.74. The highest BCUT2D eigenvalue weighted by molar-refractivity contribution is 8.00. The number of rotatable bonds is 4. The Morgan fingerprint density at radius 1 is 1.57 bits per heavy atom. The summed E-state index contributed by atoms with van der Waals surface area (Å²) in [5.74, 6) is -0.0353. The first-order valence-electron chi connectivity index (χ1n) is 4.78. The Hall–Kier alpha value is -0.480. The number of ether oxygens (including phenoxy) is 1. The minimum Gasteiger partial charge on any atom is -0.478 e. The fourth-order valence-corrected chi connectivity index (χ4v) is 2.45. The Balaban J connectivity index is 2.21. The molecule has 3 nitrogen and oxygen atoms in total. The second kappa shape index (κ2) is 6.09. The summed E-state index contributed by atoms with van der Waals surface area (Å²) in [5, 5.41) is 9.15. The zero-order valence-corrected chi connectivity index (χ0v) is 9.18. The van der Waals surface area contributed by atoms with Gasteiger partial charge in [-0.1, -0.05) is 5.57 Å². The van der Waals surface area contributed by atoms with Crippen molar-refractivity contribution in [1.29, 1.82) is 0 Å². The van der Waals surface area contributed by atoms with E-state index in [-0.39, 0.29) is 0 Å². The first-order chi connectivity index (χ1) is 6.68. The number of thioether (sulfide) groups is 1. The van der Waals surface area contributed by atoms with Gasteiger partial charge in [0.25, 0.3) is 0 Å². The van der Waals surface area contributed by atoms with E-state index < -0.39 is 5.97 Å². The average Bonchev–Trinajstić information content (AvgIpc) is 2.15. The predicted octanol–water partition coefficient (Wildman–Crippen LogP) is 1.93. The van der Waals surface area contributed by atoms with Crippen molar-refractivity contribution >= 4 is 17.7 Å². The van der Waals surface area contributed by atoms with Gasteiger partial charge in [-0.2, -0.15) is 11.8 Å². The van der Waals surface area contributed by atoms with Crippen LogP contribution in [-0.2, 0) is 9.53 Å². The summed E-state index contributed by atoms with van der Waals surface area (Å²) in [6, 6.07) is 0. The molecular formula is C10H16O3S. The van der Waals surface area contributed by atoms with Crippen LogP contribution in [0.3, 0.4) is 0 Å². The topological polar surface area (TPSA) is 46.5 Å². The fourth-order valence-electron chi connectivity index (χ4n) is 1.34. The first kappa shape index (κ1) is 11.6. The van der Waals surface area contributed by atoms with Gasteiger partial charge in [-0.25, -0.2) is 4.79 Å². The lowest BCUT2D eigenvalue weighted by Crippen LogP contribution is -2.18. The van der Waals surface area contributed by atoms with Crippen molar-refractivity contribution in [3.63, 3.8) is 0 Å². The van der Waals surface area contributed by atoms with Gasteiger partial charge < -0.3 is 9.84 Å². The van der Waals surface area contributed by atoms with Crippen LogP contribution in [0.15, 0.2) is 11.6 Å². The fraction of sp³-hybridized carbons (Fsp3) is 0.700. The van der Waals surface area contributed by atoms with Crippen LogP contribution in [0.25, 0.3) is 0 Å². The molecule has 0 amide bonds. The van der Waals surface area contributed by atoms with Crippen LogP contribution in [0.1, 0.15) is 19.8 Å². The molecule has 0 atom stereocenters. The SMILES string of the molecule is CC(=CC(=O)O)CSC1CCOCC1. The van der Waals surface area contributed by atoms with Gasteiger partial charge in [-0.05, 0) is 19.8 Å². The Kier molecular flexibility index (Phi) is 5.04. The van der Waals surface area contributed by atoms with Gasteiger partial charge in [0.15, 0.2) is 0 Å². The first-order valence-corrected chi connectivity index (χ1v) is 5.83. The highest BCUT2D eigenvalue weighted by Crippen LogP contribution is 2.23. The van der Waals surface area contributed by atoms with Crippen LogP contribution in [0, 0.1) is 0 Å². The summed E-state index contributed by atoms with van der Waals surface area (Å²) in [7, 11) is 0. The summed E-state index contributed by atoms with van der Waals surface area (Å²) in [6.07, 6.45) is 3.46. The van der Waals surface area contributed by atoms with Gasteiger partial charge in [0.1, 0.15) is 0 Å². The van der Waals surface area contributed by atoms with E-state index in [1.54, 1.807) is 0 Å². The summed E-state index contributed by atoms with van der Waals surface area (Å²) >= 11 is 1.84. The smallest absolute Gasteiger partial charge is 0.328 e. The molecule has 0 aromatic carbocycles. The molecule has 0 spiro atoms. The minimum atomic E-state index is -0.852. The number of carbonyl (C=O) groups is 1. The maximum absolute atomic E-state index is 10.4. The molecule has 1 heterocycles.